The van der Waals surface area contributed by atoms with Gasteiger partial charge >= 0.3 is 12.6 Å². The Morgan fingerprint density at radius 2 is 1.09 bits per heavy atom. The van der Waals surface area contributed by atoms with Gasteiger partial charge in [0.2, 0.25) is 0 Å². The number of aromatic nitrogens is 6. The van der Waals surface area contributed by atoms with Crippen molar-refractivity contribution in [2.45, 2.75) is 152 Å². The molecule has 2 atom stereocenters. The summed E-state index contributed by atoms with van der Waals surface area (Å²) in [6.07, 6.45) is -5.48. The fourth-order valence-electron chi connectivity index (χ4n) is 10.5. The maximum Gasteiger partial charge on any atom is 0.586 e. The molecule has 3 N–H and O–H groups in total. The van der Waals surface area contributed by atoms with E-state index in [-0.39, 0.29) is 71.1 Å². The van der Waals surface area contributed by atoms with Gasteiger partial charge in [-0.05, 0) is 109 Å². The van der Waals surface area contributed by atoms with Crippen LogP contribution in [-0.2, 0) is 63.6 Å². The SMILES string of the molecule is CC(C)(C)c1cc2cc(CC(=O)C3(c4ccc5c(c4)OC(F)(F)O5)CC3)ccc2n1CC(O)CC#N.CC(C)(C)c1cc2cc(CC(=O)C3(c4ccc5c(c4)OC(F)(F)O5)CC3)ccc2n1CC(O)Cc1nn[nH]n1. The van der Waals surface area contributed by atoms with Crippen LogP contribution in [0, 0.1) is 11.3 Å². The average molecular weight is 1030 g/mol. The van der Waals surface area contributed by atoms with Crippen molar-refractivity contribution in [3.8, 4) is 29.1 Å². The molecule has 2 aliphatic heterocycles. The maximum atomic E-state index is 13.5. The Morgan fingerprint density at radius 3 is 1.49 bits per heavy atom. The van der Waals surface area contributed by atoms with Crippen LogP contribution in [0.3, 0.4) is 0 Å². The topological polar surface area (TPSA) is 200 Å². The first-order valence-electron chi connectivity index (χ1n) is 24.9. The molecule has 2 aliphatic carbocycles. The number of H-pyrrole nitrogens is 1. The van der Waals surface area contributed by atoms with Crippen molar-refractivity contribution in [3.05, 3.63) is 124 Å². The summed E-state index contributed by atoms with van der Waals surface area (Å²) in [5.74, 6) is 0.367. The fourth-order valence-corrected chi connectivity index (χ4v) is 10.5. The zero-order valence-corrected chi connectivity index (χ0v) is 42.3. The Hall–Kier alpha value is -7.30. The summed E-state index contributed by atoms with van der Waals surface area (Å²) in [6, 6.07) is 27.2. The number of hydrogen-bond acceptors (Lipinski definition) is 12. The van der Waals surface area contributed by atoms with E-state index in [9.17, 15) is 37.4 Å². The highest BCUT2D eigenvalue weighted by Crippen LogP contribution is 2.54. The van der Waals surface area contributed by atoms with Gasteiger partial charge in [-0.15, -0.1) is 27.8 Å². The quantitative estimate of drug-likeness (QED) is 0.0823. The Bertz CT molecular complexity index is 3390. The molecule has 7 aromatic rings. The van der Waals surface area contributed by atoms with Crippen LogP contribution >= 0.6 is 0 Å². The molecule has 0 spiro atoms. The molecule has 3 aromatic heterocycles. The summed E-state index contributed by atoms with van der Waals surface area (Å²) in [7, 11) is 0. The second-order valence-electron chi connectivity index (χ2n) is 22.3. The van der Waals surface area contributed by atoms with Crippen molar-refractivity contribution in [3.63, 3.8) is 0 Å². The number of aliphatic hydroxyl groups is 2. The molecule has 11 rings (SSSR count). The van der Waals surface area contributed by atoms with E-state index in [1.165, 1.54) is 24.3 Å². The smallest absolute Gasteiger partial charge is 0.395 e. The predicted octanol–water partition coefficient (Wildman–Crippen LogP) is 9.60. The number of tetrazole rings is 1. The van der Waals surface area contributed by atoms with Gasteiger partial charge in [0.1, 0.15) is 11.6 Å². The van der Waals surface area contributed by atoms with Crippen LogP contribution in [0.15, 0.2) is 84.9 Å². The van der Waals surface area contributed by atoms with Gasteiger partial charge in [-0.3, -0.25) is 9.59 Å². The first-order chi connectivity index (χ1) is 35.3. The zero-order valence-electron chi connectivity index (χ0n) is 42.3. The number of halogens is 4. The van der Waals surface area contributed by atoms with E-state index in [4.69, 9.17) is 5.26 Å². The number of benzene rings is 4. The number of hydrogen-bond donors (Lipinski definition) is 3. The largest absolute Gasteiger partial charge is 0.586 e. The molecule has 2 unspecified atom stereocenters. The van der Waals surface area contributed by atoms with Gasteiger partial charge in [0.15, 0.2) is 28.8 Å². The second-order valence-corrected chi connectivity index (χ2v) is 22.3. The third-order valence-corrected chi connectivity index (χ3v) is 14.6. The van der Waals surface area contributed by atoms with Crippen molar-refractivity contribution in [1.82, 2.24) is 29.8 Å². The first kappa shape index (κ1) is 51.2. The summed E-state index contributed by atoms with van der Waals surface area (Å²) in [5.41, 5.74) is 5.29. The normalized spacial score (nSPS) is 18.0. The van der Waals surface area contributed by atoms with Gasteiger partial charge < -0.3 is 38.3 Å². The number of rotatable bonds is 15. The Kier molecular flexibility index (Phi) is 12.6. The molecule has 4 aromatic carbocycles. The highest BCUT2D eigenvalue weighted by Gasteiger charge is 2.53. The van der Waals surface area contributed by atoms with Gasteiger partial charge in [0.25, 0.3) is 0 Å². The molecule has 5 heterocycles. The average Bonchev–Trinajstić information content (AvgIpc) is 4.06. The maximum absolute atomic E-state index is 13.5. The van der Waals surface area contributed by atoms with Crippen molar-refractivity contribution in [2.75, 3.05) is 0 Å². The third kappa shape index (κ3) is 10.3. The molecule has 15 nitrogen and oxygen atoms in total. The summed E-state index contributed by atoms with van der Waals surface area (Å²) in [5, 5.41) is 45.8. The fraction of sp³-hybridized carbons (Fsp3) is 0.429. The van der Waals surface area contributed by atoms with Crippen molar-refractivity contribution in [1.29, 1.82) is 5.26 Å². The van der Waals surface area contributed by atoms with Crippen molar-refractivity contribution in [2.24, 2.45) is 0 Å². The molecule has 0 amide bonds. The highest BCUT2D eigenvalue weighted by molar-refractivity contribution is 5.96. The van der Waals surface area contributed by atoms with Gasteiger partial charge in [-0.2, -0.15) is 10.5 Å². The number of nitrogens with zero attached hydrogens (tertiary/aromatic N) is 6. The lowest BCUT2D eigenvalue weighted by molar-refractivity contribution is -0.287. The number of Topliss-reactive ketones (excluding diaryl/α,β-unsaturated/α-hetero) is 2. The first-order valence-corrected chi connectivity index (χ1v) is 24.9. The minimum absolute atomic E-state index is 0.0287. The van der Waals surface area contributed by atoms with E-state index in [0.29, 0.717) is 55.7 Å². The molecular weight excluding hydrogens is 975 g/mol. The van der Waals surface area contributed by atoms with E-state index >= 15 is 0 Å². The molecule has 0 radical (unpaired) electrons. The van der Waals surface area contributed by atoms with E-state index < -0.39 is 35.6 Å². The van der Waals surface area contributed by atoms with Crippen LogP contribution in [0.1, 0.15) is 113 Å². The van der Waals surface area contributed by atoms with Crippen LogP contribution in [-0.4, -0.2) is 76.3 Å². The number of carbonyl (C=O) groups excluding carboxylic acids is 2. The number of nitrogens with one attached hydrogen (secondary N) is 1. The number of aromatic amines is 1. The van der Waals surface area contributed by atoms with Crippen LogP contribution in [0.2, 0.25) is 0 Å². The zero-order chi connectivity index (χ0) is 53.5. The van der Waals surface area contributed by atoms with Crippen LogP contribution < -0.4 is 18.9 Å². The summed E-state index contributed by atoms with van der Waals surface area (Å²) >= 11 is 0. The highest BCUT2D eigenvalue weighted by atomic mass is 19.3. The number of carbonyl (C=O) groups is 2. The molecule has 19 heteroatoms. The number of nitriles is 1. The standard InChI is InChI=1S/C28H29F2N5O4.C28H28F2N2O4/c1-26(2,3)23-12-17-10-16(4-6-20(17)35(23)15-19(36)14-25-31-33-34-32-25)11-24(37)27(8-9-27)18-5-7-21-22(13-18)39-28(29,30)38-21;1-26(2,3)24-14-18-12-17(4-6-21(18)32(24)16-20(33)8-11-31)13-25(34)27(9-10-27)19-5-7-22-23(15-19)36-28(29,30)35-22/h4-7,10,12-13,19,36H,8-9,11,14-15H2,1-3H3,(H,31,32,33,34);4-7,12,14-15,20,33H,8-10,13,16H2,1-3H3. The molecule has 2 saturated carbocycles. The molecular formula is C56H57F4N7O8. The molecule has 2 fully saturated rings. The number of ether oxygens (including phenoxy) is 4. The Balaban J connectivity index is 0.000000172. The molecule has 4 aliphatic rings. The lowest BCUT2D eigenvalue weighted by Gasteiger charge is -2.23. The van der Waals surface area contributed by atoms with Gasteiger partial charge in [-0.1, -0.05) is 71.0 Å². The van der Waals surface area contributed by atoms with Gasteiger partial charge in [0, 0.05) is 76.4 Å². The summed E-state index contributed by atoms with van der Waals surface area (Å²) in [6.45, 7) is 13.3. The Morgan fingerprint density at radius 1 is 0.653 bits per heavy atom. The molecule has 392 valence electrons. The van der Waals surface area contributed by atoms with Gasteiger partial charge in [0.05, 0.1) is 35.5 Å². The minimum atomic E-state index is -3.69. The van der Waals surface area contributed by atoms with E-state index in [1.807, 2.05) is 47.0 Å². The summed E-state index contributed by atoms with van der Waals surface area (Å²) < 4.78 is 76.1. The molecule has 0 saturated heterocycles. The van der Waals surface area contributed by atoms with Crippen LogP contribution in [0.5, 0.6) is 23.0 Å². The van der Waals surface area contributed by atoms with E-state index in [2.05, 4.69) is 97.8 Å². The van der Waals surface area contributed by atoms with Crippen LogP contribution in [0.4, 0.5) is 17.6 Å². The third-order valence-electron chi connectivity index (χ3n) is 14.6. The monoisotopic (exact) mass is 1030 g/mol. The lowest BCUT2D eigenvalue weighted by Crippen LogP contribution is -2.26. The Labute approximate surface area is 429 Å². The number of alkyl halides is 4. The second kappa shape index (κ2) is 18.5. The van der Waals surface area contributed by atoms with E-state index in [0.717, 1.165) is 44.3 Å². The lowest BCUT2D eigenvalue weighted by atomic mass is 9.87. The number of aliphatic hydroxyl groups excluding tert-OH is 2. The van der Waals surface area contributed by atoms with Crippen molar-refractivity contribution >= 4 is 33.4 Å². The number of ketones is 2. The molecule has 0 bridgehead atoms. The van der Waals surface area contributed by atoms with E-state index in [1.54, 1.807) is 12.1 Å². The predicted molar refractivity (Wildman–Crippen MR) is 266 cm³/mol. The number of fused-ring (bicyclic) bond motifs is 4. The van der Waals surface area contributed by atoms with Crippen molar-refractivity contribution < 1.29 is 56.3 Å². The molecule has 75 heavy (non-hydrogen) atoms. The van der Waals surface area contributed by atoms with Crippen LogP contribution in [0.25, 0.3) is 21.8 Å². The minimum Gasteiger partial charge on any atom is -0.395 e. The van der Waals surface area contributed by atoms with Gasteiger partial charge in [-0.25, -0.2) is 0 Å². The summed E-state index contributed by atoms with van der Waals surface area (Å²) in [4.78, 5) is 26.9.